The molecule has 1 aromatic heterocycles. The Morgan fingerprint density at radius 2 is 2.37 bits per heavy atom. The minimum absolute atomic E-state index is 0.563. The van der Waals surface area contributed by atoms with Crippen molar-refractivity contribution in [3.63, 3.8) is 0 Å². The van der Waals surface area contributed by atoms with Crippen molar-refractivity contribution in [1.82, 2.24) is 4.90 Å². The Kier molecular flexibility index (Phi) is 7.20. The monoisotopic (exact) mass is 299 g/mol. The number of hydrogen-bond donors (Lipinski definition) is 1. The van der Waals surface area contributed by atoms with Gasteiger partial charge in [-0.2, -0.15) is 11.8 Å². The Morgan fingerprint density at radius 3 is 3.00 bits per heavy atom. The lowest BCUT2D eigenvalue weighted by Crippen LogP contribution is -2.28. The first-order valence-corrected chi connectivity index (χ1v) is 8.48. The van der Waals surface area contributed by atoms with Crippen LogP contribution in [0.5, 0.6) is 0 Å². The zero-order valence-electron chi connectivity index (χ0n) is 11.6. The van der Waals surface area contributed by atoms with Crippen LogP contribution in [0, 0.1) is 0 Å². The van der Waals surface area contributed by atoms with Gasteiger partial charge in [0.15, 0.2) is 0 Å². The van der Waals surface area contributed by atoms with Crippen molar-refractivity contribution in [2.24, 2.45) is 0 Å². The molecular formula is C14H21NO2S2. The van der Waals surface area contributed by atoms with E-state index < -0.39 is 5.97 Å². The van der Waals surface area contributed by atoms with Crippen LogP contribution < -0.4 is 0 Å². The van der Waals surface area contributed by atoms with Crippen LogP contribution in [0.15, 0.2) is 17.5 Å². The van der Waals surface area contributed by atoms with Crippen molar-refractivity contribution in [2.45, 2.75) is 25.9 Å². The van der Waals surface area contributed by atoms with Crippen molar-refractivity contribution in [1.29, 1.82) is 0 Å². The maximum atomic E-state index is 10.5. The third kappa shape index (κ3) is 6.27. The zero-order valence-corrected chi connectivity index (χ0v) is 13.3. The van der Waals surface area contributed by atoms with Crippen LogP contribution >= 0.6 is 23.1 Å². The Morgan fingerprint density at radius 1 is 1.63 bits per heavy atom. The van der Waals surface area contributed by atoms with Gasteiger partial charge in [-0.15, -0.1) is 11.3 Å². The molecule has 1 N–H and O–H groups in total. The van der Waals surface area contributed by atoms with Gasteiger partial charge in [0.2, 0.25) is 0 Å². The van der Waals surface area contributed by atoms with E-state index in [2.05, 4.69) is 31.2 Å². The van der Waals surface area contributed by atoms with E-state index in [4.69, 9.17) is 5.11 Å². The molecule has 19 heavy (non-hydrogen) atoms. The largest absolute Gasteiger partial charge is 0.478 e. The van der Waals surface area contributed by atoms with Gasteiger partial charge in [0.1, 0.15) is 0 Å². The summed E-state index contributed by atoms with van der Waals surface area (Å²) in [6.45, 7) is 3.16. The molecule has 0 aliphatic heterocycles. The van der Waals surface area contributed by atoms with Crippen molar-refractivity contribution in [2.75, 3.05) is 19.1 Å². The molecule has 0 aliphatic rings. The quantitative estimate of drug-likeness (QED) is 0.747. The van der Waals surface area contributed by atoms with Gasteiger partial charge in [0.25, 0.3) is 0 Å². The van der Waals surface area contributed by atoms with Gasteiger partial charge < -0.3 is 5.11 Å². The minimum atomic E-state index is -0.907. The predicted molar refractivity (Wildman–Crippen MR) is 84.9 cm³/mol. The molecule has 0 fully saturated rings. The number of carbonyl (C=O) groups is 1. The molecule has 3 nitrogen and oxygen atoms in total. The van der Waals surface area contributed by atoms with Crippen LogP contribution in [0.1, 0.15) is 23.8 Å². The number of rotatable bonds is 8. The maximum Gasteiger partial charge on any atom is 0.328 e. The highest BCUT2D eigenvalue weighted by atomic mass is 32.2. The van der Waals surface area contributed by atoms with E-state index in [0.29, 0.717) is 6.04 Å². The highest BCUT2D eigenvalue weighted by Crippen LogP contribution is 2.19. The third-order valence-electron chi connectivity index (χ3n) is 2.99. The topological polar surface area (TPSA) is 40.5 Å². The van der Waals surface area contributed by atoms with Crippen LogP contribution in [0.25, 0.3) is 6.08 Å². The molecule has 0 aromatic carbocycles. The maximum absolute atomic E-state index is 10.5. The molecule has 0 saturated carbocycles. The number of aliphatic carboxylic acids is 1. The molecule has 1 rings (SSSR count). The molecule has 0 radical (unpaired) electrons. The van der Waals surface area contributed by atoms with Crippen LogP contribution in [-0.4, -0.2) is 41.1 Å². The Hall–Kier alpha value is -0.780. The summed E-state index contributed by atoms with van der Waals surface area (Å²) >= 11 is 3.56. The molecule has 106 valence electrons. The molecule has 1 atom stereocenters. The van der Waals surface area contributed by atoms with Gasteiger partial charge in [-0.25, -0.2) is 4.79 Å². The van der Waals surface area contributed by atoms with Crippen LogP contribution in [0.2, 0.25) is 0 Å². The lowest BCUT2D eigenvalue weighted by Gasteiger charge is -2.23. The Bertz CT molecular complexity index is 429. The number of nitrogens with zero attached hydrogens (tertiary/aromatic N) is 1. The van der Waals surface area contributed by atoms with Crippen molar-refractivity contribution >= 4 is 35.1 Å². The van der Waals surface area contributed by atoms with Gasteiger partial charge in [0.05, 0.1) is 0 Å². The van der Waals surface area contributed by atoms with Crippen molar-refractivity contribution in [3.05, 3.63) is 28.0 Å². The van der Waals surface area contributed by atoms with E-state index in [1.807, 2.05) is 17.1 Å². The molecule has 0 aliphatic carbocycles. The first-order valence-electron chi connectivity index (χ1n) is 6.20. The summed E-state index contributed by atoms with van der Waals surface area (Å²) in [6.07, 6.45) is 6.14. The van der Waals surface area contributed by atoms with Gasteiger partial charge in [0, 0.05) is 23.5 Å². The normalized spacial score (nSPS) is 13.3. The SMILES string of the molecule is CSCCC(C)N(C)Cc1cc(/C=C/C(=O)O)cs1. The summed E-state index contributed by atoms with van der Waals surface area (Å²) < 4.78 is 0. The summed E-state index contributed by atoms with van der Waals surface area (Å²) in [5, 5.41) is 10.6. The molecule has 0 saturated heterocycles. The van der Waals surface area contributed by atoms with Gasteiger partial charge in [-0.05, 0) is 55.5 Å². The fourth-order valence-electron chi connectivity index (χ4n) is 1.65. The zero-order chi connectivity index (χ0) is 14.3. The highest BCUT2D eigenvalue weighted by molar-refractivity contribution is 7.98. The summed E-state index contributed by atoms with van der Waals surface area (Å²) in [5.74, 6) is 0.276. The molecular weight excluding hydrogens is 278 g/mol. The van der Waals surface area contributed by atoms with Gasteiger partial charge >= 0.3 is 5.97 Å². The number of hydrogen-bond acceptors (Lipinski definition) is 4. The van der Waals surface area contributed by atoms with E-state index >= 15 is 0 Å². The van der Waals surface area contributed by atoms with Crippen molar-refractivity contribution in [3.8, 4) is 0 Å². The van der Waals surface area contributed by atoms with E-state index in [0.717, 1.165) is 12.1 Å². The van der Waals surface area contributed by atoms with E-state index in [1.165, 1.54) is 23.1 Å². The smallest absolute Gasteiger partial charge is 0.328 e. The summed E-state index contributed by atoms with van der Waals surface area (Å²) in [6, 6.07) is 2.62. The molecule has 0 bridgehead atoms. The van der Waals surface area contributed by atoms with E-state index in [1.54, 1.807) is 17.4 Å². The van der Waals surface area contributed by atoms with Crippen LogP contribution in [-0.2, 0) is 11.3 Å². The fourth-order valence-corrected chi connectivity index (χ4v) is 3.14. The highest BCUT2D eigenvalue weighted by Gasteiger charge is 2.10. The average molecular weight is 299 g/mol. The minimum Gasteiger partial charge on any atom is -0.478 e. The molecule has 1 unspecified atom stereocenters. The second kappa shape index (κ2) is 8.40. The molecule has 0 spiro atoms. The summed E-state index contributed by atoms with van der Waals surface area (Å²) in [7, 11) is 2.14. The second-order valence-corrected chi connectivity index (χ2v) is 6.54. The standard InChI is InChI=1S/C14H21NO2S2/c1-11(6-7-18-3)15(2)9-13-8-12(10-19-13)4-5-14(16)17/h4-5,8,10-11H,6-7,9H2,1-3H3,(H,16,17)/b5-4+. The lowest BCUT2D eigenvalue weighted by atomic mass is 10.2. The molecule has 0 amide bonds. The van der Waals surface area contributed by atoms with E-state index in [-0.39, 0.29) is 0 Å². The predicted octanol–water partition coefficient (Wildman–Crippen LogP) is 3.42. The molecule has 1 aromatic rings. The molecule has 1 heterocycles. The first-order chi connectivity index (χ1) is 9.02. The summed E-state index contributed by atoms with van der Waals surface area (Å²) in [5.41, 5.74) is 0.965. The fraction of sp³-hybridized carbons (Fsp3) is 0.500. The van der Waals surface area contributed by atoms with Gasteiger partial charge in [-0.1, -0.05) is 0 Å². The summed E-state index contributed by atoms with van der Waals surface area (Å²) in [4.78, 5) is 14.1. The first kappa shape index (κ1) is 16.3. The Balaban J connectivity index is 2.50. The number of thioether (sulfide) groups is 1. The molecule has 5 heteroatoms. The van der Waals surface area contributed by atoms with Gasteiger partial charge in [-0.3, -0.25) is 4.90 Å². The van der Waals surface area contributed by atoms with Crippen LogP contribution in [0.4, 0.5) is 0 Å². The third-order valence-corrected chi connectivity index (χ3v) is 4.57. The van der Waals surface area contributed by atoms with Crippen molar-refractivity contribution < 1.29 is 9.90 Å². The van der Waals surface area contributed by atoms with E-state index in [9.17, 15) is 4.79 Å². The average Bonchev–Trinajstić information content (AvgIpc) is 2.81. The van der Waals surface area contributed by atoms with Crippen LogP contribution in [0.3, 0.4) is 0 Å². The Labute approximate surface area is 123 Å². The number of carboxylic acid groups (broad SMARTS) is 1. The second-order valence-electron chi connectivity index (χ2n) is 4.56. The lowest BCUT2D eigenvalue weighted by molar-refractivity contribution is -0.131. The number of thiophene rings is 1. The number of carboxylic acids is 1.